The minimum atomic E-state index is -0.218. The summed E-state index contributed by atoms with van der Waals surface area (Å²) in [4.78, 5) is 2.35. The lowest BCUT2D eigenvalue weighted by atomic mass is 9.94. The van der Waals surface area contributed by atoms with E-state index in [-0.39, 0.29) is 5.82 Å². The second-order valence-corrected chi connectivity index (χ2v) is 5.46. The Labute approximate surface area is 113 Å². The number of nitrogens with two attached hydrogens (primary N) is 1. The van der Waals surface area contributed by atoms with Crippen LogP contribution in [0.15, 0.2) is 18.2 Å². The van der Waals surface area contributed by atoms with Crippen LogP contribution in [0.1, 0.15) is 24.8 Å². The zero-order valence-electron chi connectivity index (χ0n) is 10.5. The molecule has 0 aliphatic carbocycles. The Morgan fingerprint density at radius 2 is 2.28 bits per heavy atom. The fraction of sp³-hybridized carbons (Fsp3) is 0.571. The van der Waals surface area contributed by atoms with Crippen LogP contribution in [-0.2, 0) is 6.54 Å². The summed E-state index contributed by atoms with van der Waals surface area (Å²) in [5.74, 6) is 0.459. The Morgan fingerprint density at radius 1 is 1.44 bits per heavy atom. The van der Waals surface area contributed by atoms with Gasteiger partial charge in [0.15, 0.2) is 0 Å². The quantitative estimate of drug-likeness (QED) is 0.911. The van der Waals surface area contributed by atoms with Gasteiger partial charge >= 0.3 is 0 Å². The lowest BCUT2D eigenvalue weighted by Gasteiger charge is -2.32. The van der Waals surface area contributed by atoms with Crippen molar-refractivity contribution in [2.75, 3.05) is 19.6 Å². The molecule has 1 heterocycles. The highest BCUT2D eigenvalue weighted by Crippen LogP contribution is 2.24. The van der Waals surface area contributed by atoms with Crippen molar-refractivity contribution in [3.63, 3.8) is 0 Å². The van der Waals surface area contributed by atoms with Gasteiger partial charge in [-0.05, 0) is 62.0 Å². The van der Waals surface area contributed by atoms with Gasteiger partial charge in [0.25, 0.3) is 0 Å². The summed E-state index contributed by atoms with van der Waals surface area (Å²) in [5.41, 5.74) is 6.49. The van der Waals surface area contributed by atoms with E-state index < -0.39 is 0 Å². The largest absolute Gasteiger partial charge is 0.330 e. The van der Waals surface area contributed by atoms with Gasteiger partial charge in [-0.15, -0.1) is 0 Å². The van der Waals surface area contributed by atoms with E-state index in [2.05, 4.69) is 4.90 Å². The molecule has 2 nitrogen and oxygen atoms in total. The second-order valence-electron chi connectivity index (χ2n) is 5.06. The molecular weight excluding hydrogens is 251 g/mol. The highest BCUT2D eigenvalue weighted by Gasteiger charge is 2.20. The lowest BCUT2D eigenvalue weighted by Crippen LogP contribution is -2.35. The first-order valence-corrected chi connectivity index (χ1v) is 6.93. The first-order chi connectivity index (χ1) is 8.69. The molecule has 1 fully saturated rings. The Kier molecular flexibility index (Phi) is 4.98. The van der Waals surface area contributed by atoms with Crippen LogP contribution in [0.2, 0.25) is 5.02 Å². The maximum atomic E-state index is 13.2. The summed E-state index contributed by atoms with van der Waals surface area (Å²) in [6.07, 6.45) is 3.52. The number of benzene rings is 1. The fourth-order valence-corrected chi connectivity index (χ4v) is 2.85. The first-order valence-electron chi connectivity index (χ1n) is 6.55. The van der Waals surface area contributed by atoms with Crippen molar-refractivity contribution in [1.82, 2.24) is 4.90 Å². The predicted molar refractivity (Wildman–Crippen MR) is 73.1 cm³/mol. The normalized spacial score (nSPS) is 21.2. The van der Waals surface area contributed by atoms with Gasteiger partial charge in [0.1, 0.15) is 5.82 Å². The van der Waals surface area contributed by atoms with Gasteiger partial charge in [-0.3, -0.25) is 4.90 Å². The standard InChI is InChI=1S/C14H20ClFN2/c15-14-4-3-13(16)8-12(14)10-18-7-1-2-11(9-18)5-6-17/h3-4,8,11H,1-2,5-7,9-10,17H2. The van der Waals surface area contributed by atoms with Crippen molar-refractivity contribution >= 4 is 11.6 Å². The first kappa shape index (κ1) is 13.8. The SMILES string of the molecule is NCCC1CCCN(Cc2cc(F)ccc2Cl)C1. The van der Waals surface area contributed by atoms with E-state index in [0.29, 0.717) is 10.9 Å². The summed E-state index contributed by atoms with van der Waals surface area (Å²) >= 11 is 6.10. The van der Waals surface area contributed by atoms with Crippen LogP contribution < -0.4 is 5.73 Å². The van der Waals surface area contributed by atoms with Gasteiger partial charge in [-0.2, -0.15) is 0 Å². The average molecular weight is 271 g/mol. The van der Waals surface area contributed by atoms with Crippen LogP contribution in [0.5, 0.6) is 0 Å². The zero-order chi connectivity index (χ0) is 13.0. The number of hydrogen-bond donors (Lipinski definition) is 1. The summed E-state index contributed by atoms with van der Waals surface area (Å²) < 4.78 is 13.2. The highest BCUT2D eigenvalue weighted by atomic mass is 35.5. The third-order valence-corrected chi connectivity index (χ3v) is 3.95. The summed E-state index contributed by atoms with van der Waals surface area (Å²) in [7, 11) is 0. The number of nitrogens with zero attached hydrogens (tertiary/aromatic N) is 1. The predicted octanol–water partition coefficient (Wildman–Crippen LogP) is 3.04. The van der Waals surface area contributed by atoms with Gasteiger partial charge in [0, 0.05) is 18.1 Å². The van der Waals surface area contributed by atoms with Crippen molar-refractivity contribution < 1.29 is 4.39 Å². The topological polar surface area (TPSA) is 29.3 Å². The molecule has 1 aromatic carbocycles. The number of halogens is 2. The summed E-state index contributed by atoms with van der Waals surface area (Å²) in [6.45, 7) is 3.59. The number of piperidine rings is 1. The monoisotopic (exact) mass is 270 g/mol. The Hall–Kier alpha value is -0.640. The molecule has 2 rings (SSSR count). The van der Waals surface area contributed by atoms with Crippen molar-refractivity contribution in [3.05, 3.63) is 34.6 Å². The Morgan fingerprint density at radius 3 is 3.06 bits per heavy atom. The molecule has 0 radical (unpaired) electrons. The Bertz CT molecular complexity index is 395. The maximum Gasteiger partial charge on any atom is 0.123 e. The van der Waals surface area contributed by atoms with Crippen molar-refractivity contribution in [2.24, 2.45) is 11.7 Å². The number of hydrogen-bond acceptors (Lipinski definition) is 2. The van der Waals surface area contributed by atoms with Gasteiger partial charge in [0.05, 0.1) is 0 Å². The summed E-state index contributed by atoms with van der Waals surface area (Å²) in [5, 5.41) is 0.650. The molecule has 0 bridgehead atoms. The fourth-order valence-electron chi connectivity index (χ4n) is 2.67. The van der Waals surface area contributed by atoms with Crippen LogP contribution in [0.3, 0.4) is 0 Å². The molecule has 1 aliphatic heterocycles. The van der Waals surface area contributed by atoms with Gasteiger partial charge in [-0.25, -0.2) is 4.39 Å². The van der Waals surface area contributed by atoms with E-state index in [4.69, 9.17) is 17.3 Å². The third-order valence-electron chi connectivity index (χ3n) is 3.58. The van der Waals surface area contributed by atoms with E-state index in [1.807, 2.05) is 0 Å². The smallest absolute Gasteiger partial charge is 0.123 e. The maximum absolute atomic E-state index is 13.2. The second kappa shape index (κ2) is 6.50. The zero-order valence-corrected chi connectivity index (χ0v) is 11.3. The number of rotatable bonds is 4. The van der Waals surface area contributed by atoms with E-state index >= 15 is 0 Å². The highest BCUT2D eigenvalue weighted by molar-refractivity contribution is 6.31. The van der Waals surface area contributed by atoms with Crippen LogP contribution in [0, 0.1) is 11.7 Å². The van der Waals surface area contributed by atoms with Gasteiger partial charge in [-0.1, -0.05) is 11.6 Å². The van der Waals surface area contributed by atoms with Crippen LogP contribution >= 0.6 is 11.6 Å². The van der Waals surface area contributed by atoms with Gasteiger partial charge < -0.3 is 5.73 Å². The average Bonchev–Trinajstić information content (AvgIpc) is 2.35. The van der Waals surface area contributed by atoms with E-state index in [0.717, 1.165) is 38.2 Å². The van der Waals surface area contributed by atoms with Crippen molar-refractivity contribution in [3.8, 4) is 0 Å². The molecule has 0 aromatic heterocycles. The molecule has 0 spiro atoms. The molecule has 1 saturated heterocycles. The molecule has 0 amide bonds. The molecule has 1 atom stereocenters. The Balaban J connectivity index is 1.98. The molecule has 4 heteroatoms. The minimum Gasteiger partial charge on any atom is -0.330 e. The molecule has 2 N–H and O–H groups in total. The van der Waals surface area contributed by atoms with Gasteiger partial charge in [0.2, 0.25) is 0 Å². The molecule has 18 heavy (non-hydrogen) atoms. The lowest BCUT2D eigenvalue weighted by molar-refractivity contribution is 0.163. The van der Waals surface area contributed by atoms with Crippen LogP contribution in [0.25, 0.3) is 0 Å². The molecule has 0 saturated carbocycles. The van der Waals surface area contributed by atoms with E-state index in [1.54, 1.807) is 6.07 Å². The molecule has 100 valence electrons. The van der Waals surface area contributed by atoms with Crippen LogP contribution in [-0.4, -0.2) is 24.5 Å². The van der Waals surface area contributed by atoms with E-state index in [1.165, 1.54) is 25.0 Å². The van der Waals surface area contributed by atoms with E-state index in [9.17, 15) is 4.39 Å². The molecule has 1 aliphatic rings. The van der Waals surface area contributed by atoms with Crippen molar-refractivity contribution in [2.45, 2.75) is 25.8 Å². The summed E-state index contributed by atoms with van der Waals surface area (Å²) in [6, 6.07) is 4.57. The number of likely N-dealkylation sites (tertiary alicyclic amines) is 1. The molecule has 1 aromatic rings. The minimum absolute atomic E-state index is 0.218. The molecular formula is C14H20ClFN2. The molecule has 1 unspecified atom stereocenters. The van der Waals surface area contributed by atoms with Crippen LogP contribution in [0.4, 0.5) is 4.39 Å². The third kappa shape index (κ3) is 3.67. The van der Waals surface area contributed by atoms with Crippen molar-refractivity contribution in [1.29, 1.82) is 0 Å².